The fraction of sp³-hybridized carbons (Fsp3) is 0.158. The summed E-state index contributed by atoms with van der Waals surface area (Å²) in [4.78, 5) is 22.9. The number of nitrogens with one attached hydrogen (secondary N) is 2. The van der Waals surface area contributed by atoms with E-state index >= 15 is 0 Å². The first-order valence-electron chi connectivity index (χ1n) is 7.57. The zero-order valence-corrected chi connectivity index (χ0v) is 13.0. The Balaban J connectivity index is 1.45. The van der Waals surface area contributed by atoms with Crippen LogP contribution in [0.5, 0.6) is 0 Å². The van der Waals surface area contributed by atoms with Gasteiger partial charge in [0.15, 0.2) is 0 Å². The summed E-state index contributed by atoms with van der Waals surface area (Å²) in [5.41, 5.74) is 3.53. The molecule has 24 heavy (non-hydrogen) atoms. The van der Waals surface area contributed by atoms with Crippen molar-refractivity contribution in [1.29, 1.82) is 0 Å². The van der Waals surface area contributed by atoms with Crippen molar-refractivity contribution in [2.75, 3.05) is 11.9 Å². The van der Waals surface area contributed by atoms with E-state index in [0.717, 1.165) is 22.4 Å². The SMILES string of the molecule is O=C1Cc2cc(C#CCNC(=O)OCc3ccccc3)ccc2N1. The van der Waals surface area contributed by atoms with Crippen molar-refractivity contribution in [2.24, 2.45) is 0 Å². The summed E-state index contributed by atoms with van der Waals surface area (Å²) >= 11 is 0. The van der Waals surface area contributed by atoms with Crippen LogP contribution in [0, 0.1) is 11.8 Å². The van der Waals surface area contributed by atoms with Crippen LogP contribution in [-0.2, 0) is 22.6 Å². The summed E-state index contributed by atoms with van der Waals surface area (Å²) in [6, 6.07) is 15.0. The molecule has 1 aliphatic rings. The Morgan fingerprint density at radius 2 is 2.04 bits per heavy atom. The number of amides is 2. The Morgan fingerprint density at radius 1 is 1.21 bits per heavy atom. The summed E-state index contributed by atoms with van der Waals surface area (Å²) in [6.07, 6.45) is -0.119. The number of rotatable bonds is 3. The van der Waals surface area contributed by atoms with Crippen molar-refractivity contribution in [3.63, 3.8) is 0 Å². The summed E-state index contributed by atoms with van der Waals surface area (Å²) in [5, 5.41) is 5.35. The molecule has 0 aliphatic carbocycles. The van der Waals surface area contributed by atoms with E-state index in [-0.39, 0.29) is 19.1 Å². The normalized spacial score (nSPS) is 11.8. The second-order valence-electron chi connectivity index (χ2n) is 5.31. The third kappa shape index (κ3) is 4.14. The highest BCUT2D eigenvalue weighted by molar-refractivity contribution is 5.99. The molecule has 0 radical (unpaired) electrons. The van der Waals surface area contributed by atoms with E-state index in [1.165, 1.54) is 0 Å². The monoisotopic (exact) mass is 320 g/mol. The first-order chi connectivity index (χ1) is 11.7. The van der Waals surface area contributed by atoms with Gasteiger partial charge in [-0.3, -0.25) is 4.79 Å². The van der Waals surface area contributed by atoms with Crippen molar-refractivity contribution >= 4 is 17.7 Å². The molecule has 0 saturated heterocycles. The molecule has 0 spiro atoms. The average Bonchev–Trinajstić information content (AvgIpc) is 2.97. The smallest absolute Gasteiger partial charge is 0.408 e. The van der Waals surface area contributed by atoms with Crippen LogP contribution in [-0.4, -0.2) is 18.5 Å². The van der Waals surface area contributed by atoms with Gasteiger partial charge in [0, 0.05) is 11.3 Å². The maximum absolute atomic E-state index is 11.6. The Bertz CT molecular complexity index is 819. The van der Waals surface area contributed by atoms with Crippen LogP contribution in [0.4, 0.5) is 10.5 Å². The molecule has 0 atom stereocenters. The van der Waals surface area contributed by atoms with Crippen molar-refractivity contribution in [3.8, 4) is 11.8 Å². The number of hydrogen-bond acceptors (Lipinski definition) is 3. The Morgan fingerprint density at radius 3 is 2.88 bits per heavy atom. The van der Waals surface area contributed by atoms with Crippen LogP contribution in [0.15, 0.2) is 48.5 Å². The minimum atomic E-state index is -0.503. The number of ether oxygens (including phenoxy) is 1. The predicted molar refractivity (Wildman–Crippen MR) is 90.3 cm³/mol. The number of anilines is 1. The van der Waals surface area contributed by atoms with E-state index in [1.54, 1.807) is 0 Å². The fourth-order valence-corrected chi connectivity index (χ4v) is 2.34. The van der Waals surface area contributed by atoms with E-state index in [2.05, 4.69) is 22.5 Å². The van der Waals surface area contributed by atoms with E-state index in [1.807, 2.05) is 48.5 Å². The molecule has 5 heteroatoms. The van der Waals surface area contributed by atoms with Crippen LogP contribution in [0.3, 0.4) is 0 Å². The van der Waals surface area contributed by atoms with Gasteiger partial charge >= 0.3 is 6.09 Å². The van der Waals surface area contributed by atoms with Crippen LogP contribution in [0.1, 0.15) is 16.7 Å². The van der Waals surface area contributed by atoms with Gasteiger partial charge in [0.25, 0.3) is 0 Å². The van der Waals surface area contributed by atoms with Crippen LogP contribution in [0.2, 0.25) is 0 Å². The molecule has 1 aliphatic heterocycles. The molecule has 0 fully saturated rings. The van der Waals surface area contributed by atoms with Gasteiger partial charge in [-0.1, -0.05) is 42.2 Å². The highest BCUT2D eigenvalue weighted by Crippen LogP contribution is 2.23. The molecule has 0 aromatic heterocycles. The quantitative estimate of drug-likeness (QED) is 0.854. The van der Waals surface area contributed by atoms with Crippen LogP contribution < -0.4 is 10.6 Å². The molecule has 2 N–H and O–H groups in total. The summed E-state index contributed by atoms with van der Waals surface area (Å²) in [5.74, 6) is 5.82. The van der Waals surface area contributed by atoms with Gasteiger partial charge in [-0.05, 0) is 29.3 Å². The maximum atomic E-state index is 11.6. The van der Waals surface area contributed by atoms with Crippen molar-refractivity contribution in [1.82, 2.24) is 5.32 Å². The second-order valence-corrected chi connectivity index (χ2v) is 5.31. The van der Waals surface area contributed by atoms with Gasteiger partial charge in [0.1, 0.15) is 6.61 Å². The molecule has 3 rings (SSSR count). The number of carbonyl (C=O) groups is 2. The molecule has 0 unspecified atom stereocenters. The second kappa shape index (κ2) is 7.34. The van der Waals surface area contributed by atoms with E-state index in [0.29, 0.717) is 6.42 Å². The third-order valence-electron chi connectivity index (χ3n) is 3.50. The van der Waals surface area contributed by atoms with Gasteiger partial charge in [0.2, 0.25) is 5.91 Å². The van der Waals surface area contributed by atoms with E-state index in [4.69, 9.17) is 4.74 Å². The first-order valence-corrected chi connectivity index (χ1v) is 7.57. The fourth-order valence-electron chi connectivity index (χ4n) is 2.34. The average molecular weight is 320 g/mol. The van der Waals surface area contributed by atoms with Gasteiger partial charge in [0.05, 0.1) is 13.0 Å². The van der Waals surface area contributed by atoms with Gasteiger partial charge < -0.3 is 15.4 Å². The number of hydrogen-bond donors (Lipinski definition) is 2. The van der Waals surface area contributed by atoms with Gasteiger partial charge in [-0.15, -0.1) is 0 Å². The van der Waals surface area contributed by atoms with Crippen LogP contribution >= 0.6 is 0 Å². The maximum Gasteiger partial charge on any atom is 0.408 e. The summed E-state index contributed by atoms with van der Waals surface area (Å²) < 4.78 is 5.09. The molecular weight excluding hydrogens is 304 g/mol. The third-order valence-corrected chi connectivity index (χ3v) is 3.50. The summed E-state index contributed by atoms with van der Waals surface area (Å²) in [6.45, 7) is 0.424. The van der Waals surface area contributed by atoms with E-state index < -0.39 is 6.09 Å². The van der Waals surface area contributed by atoms with Crippen LogP contribution in [0.25, 0.3) is 0 Å². The molecule has 0 bridgehead atoms. The lowest BCUT2D eigenvalue weighted by Gasteiger charge is -2.04. The number of fused-ring (bicyclic) bond motifs is 1. The topological polar surface area (TPSA) is 67.4 Å². The van der Waals surface area contributed by atoms with Crippen molar-refractivity contribution in [2.45, 2.75) is 13.0 Å². The summed E-state index contributed by atoms with van der Waals surface area (Å²) in [7, 11) is 0. The van der Waals surface area contributed by atoms with Gasteiger partial charge in [-0.25, -0.2) is 4.79 Å². The highest BCUT2D eigenvalue weighted by atomic mass is 16.5. The highest BCUT2D eigenvalue weighted by Gasteiger charge is 2.16. The largest absolute Gasteiger partial charge is 0.445 e. The number of benzene rings is 2. The molecule has 2 amide bonds. The standard InChI is InChI=1S/C19H16N2O3/c22-18-12-16-11-14(8-9-17(16)21-18)7-4-10-20-19(23)24-13-15-5-2-1-3-6-15/h1-3,5-6,8-9,11H,10,12-13H2,(H,20,23)(H,21,22). The Labute approximate surface area is 140 Å². The Kier molecular flexibility index (Phi) is 4.78. The zero-order valence-electron chi connectivity index (χ0n) is 13.0. The molecule has 2 aromatic carbocycles. The minimum Gasteiger partial charge on any atom is -0.445 e. The lowest BCUT2D eigenvalue weighted by Crippen LogP contribution is -2.24. The molecule has 5 nitrogen and oxygen atoms in total. The number of carbonyl (C=O) groups excluding carboxylic acids is 2. The van der Waals surface area contributed by atoms with Crippen molar-refractivity contribution < 1.29 is 14.3 Å². The molecule has 0 saturated carbocycles. The number of alkyl carbamates (subject to hydrolysis) is 1. The van der Waals surface area contributed by atoms with Gasteiger partial charge in [-0.2, -0.15) is 0 Å². The molecule has 120 valence electrons. The Hall–Kier alpha value is -3.26. The zero-order chi connectivity index (χ0) is 16.8. The lowest BCUT2D eigenvalue weighted by atomic mass is 10.1. The minimum absolute atomic E-state index is 0.00191. The molecular formula is C19H16N2O3. The first kappa shape index (κ1) is 15.6. The van der Waals surface area contributed by atoms with E-state index in [9.17, 15) is 9.59 Å². The van der Waals surface area contributed by atoms with Crippen molar-refractivity contribution in [3.05, 3.63) is 65.2 Å². The molecule has 2 aromatic rings. The lowest BCUT2D eigenvalue weighted by molar-refractivity contribution is -0.115. The predicted octanol–water partition coefficient (Wildman–Crippen LogP) is 2.46. The molecule has 1 heterocycles.